The van der Waals surface area contributed by atoms with Gasteiger partial charge in [-0.2, -0.15) is 5.10 Å². The molecule has 0 saturated carbocycles. The first-order valence-electron chi connectivity index (χ1n) is 13.4. The number of amides is 2. The summed E-state index contributed by atoms with van der Waals surface area (Å²) in [6.45, 7) is 3.75. The van der Waals surface area contributed by atoms with E-state index in [0.29, 0.717) is 49.1 Å². The van der Waals surface area contributed by atoms with Crippen molar-refractivity contribution >= 4 is 29.1 Å². The number of benzene rings is 2. The van der Waals surface area contributed by atoms with Gasteiger partial charge in [-0.25, -0.2) is 5.01 Å². The van der Waals surface area contributed by atoms with Crippen molar-refractivity contribution in [1.29, 1.82) is 0 Å². The molecule has 2 aliphatic rings. The largest absolute Gasteiger partial charge is 0.496 e. The molecule has 2 aliphatic heterocycles. The molecule has 0 N–H and O–H groups in total. The topological polar surface area (TPSA) is 79.6 Å². The van der Waals surface area contributed by atoms with Crippen molar-refractivity contribution in [3.8, 4) is 5.75 Å². The van der Waals surface area contributed by atoms with Crippen molar-refractivity contribution < 1.29 is 19.1 Å². The van der Waals surface area contributed by atoms with Crippen LogP contribution in [0.5, 0.6) is 5.75 Å². The third kappa shape index (κ3) is 6.06. The van der Waals surface area contributed by atoms with Gasteiger partial charge in [0.2, 0.25) is 0 Å². The average Bonchev–Trinajstić information content (AvgIpc) is 3.62. The molecule has 2 amide bonds. The van der Waals surface area contributed by atoms with Crippen molar-refractivity contribution in [2.45, 2.75) is 12.5 Å². The first kappa shape index (κ1) is 27.9. The molecule has 1 atom stereocenters. The van der Waals surface area contributed by atoms with Crippen molar-refractivity contribution in [2.24, 2.45) is 12.1 Å². The molecule has 40 heavy (non-hydrogen) atoms. The Morgan fingerprint density at radius 3 is 2.55 bits per heavy atom. The van der Waals surface area contributed by atoms with Gasteiger partial charge < -0.3 is 18.9 Å². The van der Waals surface area contributed by atoms with Crippen LogP contribution in [-0.2, 0) is 16.6 Å². The molecular weight excluding hydrogens is 530 g/mol. The standard InChI is InChI=1S/C30H34ClN5O4/c1-33-13-7-11-26(33)25-20-27(23-9-4-6-12-28(23)39-2)36(32-25)29(37)21-35(15-14-34-16-18-40-19-17-34)30(38)22-8-3-5-10-24(22)31/h3-13,27H,14-21H2,1-2H3/t27-/m1/s1. The SMILES string of the molecule is COc1ccccc1[C@H]1CC(c2cccn2C)=NN1C(=O)CN(CCN1CCOCC1)C(=O)c1ccccc1Cl. The number of ether oxygens (including phenoxy) is 2. The van der Waals surface area contributed by atoms with Crippen LogP contribution in [-0.4, -0.2) is 89.9 Å². The van der Waals surface area contributed by atoms with E-state index >= 15 is 0 Å². The maximum atomic E-state index is 14.0. The number of nitrogens with zero attached hydrogens (tertiary/aromatic N) is 5. The van der Waals surface area contributed by atoms with Gasteiger partial charge in [0.1, 0.15) is 12.3 Å². The molecule has 3 aromatic rings. The number of aromatic nitrogens is 1. The minimum atomic E-state index is -0.370. The first-order valence-corrected chi connectivity index (χ1v) is 13.8. The number of hydrogen-bond donors (Lipinski definition) is 0. The fraction of sp³-hybridized carbons (Fsp3) is 0.367. The van der Waals surface area contributed by atoms with Crippen LogP contribution in [0.4, 0.5) is 0 Å². The Balaban J connectivity index is 1.44. The fourth-order valence-corrected chi connectivity index (χ4v) is 5.44. The van der Waals surface area contributed by atoms with Gasteiger partial charge in [-0.05, 0) is 30.3 Å². The highest BCUT2D eigenvalue weighted by atomic mass is 35.5. The van der Waals surface area contributed by atoms with Crippen LogP contribution in [0.3, 0.4) is 0 Å². The molecule has 10 heteroatoms. The molecule has 1 fully saturated rings. The Hall–Kier alpha value is -3.66. The van der Waals surface area contributed by atoms with E-state index in [9.17, 15) is 9.59 Å². The number of morpholine rings is 1. The zero-order chi connectivity index (χ0) is 28.1. The summed E-state index contributed by atoms with van der Waals surface area (Å²) < 4.78 is 13.1. The van der Waals surface area contributed by atoms with Crippen molar-refractivity contribution in [3.63, 3.8) is 0 Å². The minimum absolute atomic E-state index is 0.135. The molecule has 0 radical (unpaired) electrons. The number of carbonyl (C=O) groups is 2. The third-order valence-corrected chi connectivity index (χ3v) is 7.74. The molecule has 210 valence electrons. The second kappa shape index (κ2) is 12.7. The van der Waals surface area contributed by atoms with Gasteiger partial charge in [0.25, 0.3) is 11.8 Å². The number of hydrogen-bond acceptors (Lipinski definition) is 6. The number of halogens is 1. The molecule has 0 unspecified atom stereocenters. The summed E-state index contributed by atoms with van der Waals surface area (Å²) in [7, 11) is 3.57. The lowest BCUT2D eigenvalue weighted by molar-refractivity contribution is -0.133. The Bertz CT molecular complexity index is 1380. The average molecular weight is 564 g/mol. The summed E-state index contributed by atoms with van der Waals surface area (Å²) in [6.07, 6.45) is 2.48. The molecule has 2 aromatic carbocycles. The number of aryl methyl sites for hydroxylation is 1. The highest BCUT2D eigenvalue weighted by Crippen LogP contribution is 2.37. The maximum Gasteiger partial charge on any atom is 0.262 e. The molecule has 0 bridgehead atoms. The van der Waals surface area contributed by atoms with Gasteiger partial charge in [-0.1, -0.05) is 41.9 Å². The van der Waals surface area contributed by atoms with Crippen LogP contribution >= 0.6 is 11.6 Å². The Morgan fingerprint density at radius 1 is 1.07 bits per heavy atom. The molecule has 0 spiro atoms. The summed E-state index contributed by atoms with van der Waals surface area (Å²) in [4.78, 5) is 31.5. The third-order valence-electron chi connectivity index (χ3n) is 7.41. The normalized spacial score (nSPS) is 17.5. The molecule has 5 rings (SSSR count). The smallest absolute Gasteiger partial charge is 0.262 e. The van der Waals surface area contributed by atoms with E-state index in [2.05, 4.69) is 4.90 Å². The summed E-state index contributed by atoms with van der Waals surface area (Å²) in [5, 5.41) is 6.68. The summed E-state index contributed by atoms with van der Waals surface area (Å²) in [5.41, 5.74) is 2.97. The number of methoxy groups -OCH3 is 1. The molecule has 1 saturated heterocycles. The van der Waals surface area contributed by atoms with E-state index < -0.39 is 0 Å². The van der Waals surface area contributed by atoms with Crippen LogP contribution in [0.25, 0.3) is 0 Å². The van der Waals surface area contributed by atoms with Gasteiger partial charge >= 0.3 is 0 Å². The molecule has 0 aliphatic carbocycles. The van der Waals surface area contributed by atoms with Crippen molar-refractivity contribution in [2.75, 3.05) is 53.0 Å². The second-order valence-electron chi connectivity index (χ2n) is 9.91. The van der Waals surface area contributed by atoms with Crippen molar-refractivity contribution in [3.05, 3.63) is 88.7 Å². The van der Waals surface area contributed by atoms with Crippen LogP contribution in [0, 0.1) is 0 Å². The second-order valence-corrected chi connectivity index (χ2v) is 10.3. The van der Waals surface area contributed by atoms with Crippen LogP contribution < -0.4 is 4.74 Å². The lowest BCUT2D eigenvalue weighted by Crippen LogP contribution is -2.46. The predicted octanol–water partition coefficient (Wildman–Crippen LogP) is 3.84. The monoisotopic (exact) mass is 563 g/mol. The summed E-state index contributed by atoms with van der Waals surface area (Å²) >= 11 is 6.40. The molecule has 3 heterocycles. The van der Waals surface area contributed by atoms with Gasteiger partial charge in [-0.15, -0.1) is 0 Å². The lowest BCUT2D eigenvalue weighted by atomic mass is 9.99. The lowest BCUT2D eigenvalue weighted by Gasteiger charge is -2.31. The predicted molar refractivity (Wildman–Crippen MR) is 154 cm³/mol. The van der Waals surface area contributed by atoms with Crippen LogP contribution in [0.2, 0.25) is 5.02 Å². The van der Waals surface area contributed by atoms with E-state index in [0.717, 1.165) is 30.1 Å². The number of para-hydroxylation sites is 1. The Labute approximate surface area is 239 Å². The van der Waals surface area contributed by atoms with E-state index in [4.69, 9.17) is 26.2 Å². The fourth-order valence-electron chi connectivity index (χ4n) is 5.22. The van der Waals surface area contributed by atoms with E-state index in [-0.39, 0.29) is 24.4 Å². The van der Waals surface area contributed by atoms with Crippen LogP contribution in [0.1, 0.15) is 34.1 Å². The molecule has 1 aromatic heterocycles. The van der Waals surface area contributed by atoms with Gasteiger partial charge in [0.15, 0.2) is 0 Å². The number of rotatable bonds is 9. The number of hydrazone groups is 1. The van der Waals surface area contributed by atoms with E-state index in [1.807, 2.05) is 54.2 Å². The summed E-state index contributed by atoms with van der Waals surface area (Å²) in [6, 6.07) is 18.2. The molecule has 9 nitrogen and oxygen atoms in total. The molecular formula is C30H34ClN5O4. The van der Waals surface area contributed by atoms with Gasteiger partial charge in [0.05, 0.1) is 48.4 Å². The highest BCUT2D eigenvalue weighted by molar-refractivity contribution is 6.33. The zero-order valence-corrected chi connectivity index (χ0v) is 23.6. The quantitative estimate of drug-likeness (QED) is 0.395. The Morgan fingerprint density at radius 2 is 1.82 bits per heavy atom. The van der Waals surface area contributed by atoms with Crippen molar-refractivity contribution in [1.82, 2.24) is 19.4 Å². The minimum Gasteiger partial charge on any atom is -0.496 e. The Kier molecular flexibility index (Phi) is 8.84. The highest BCUT2D eigenvalue weighted by Gasteiger charge is 2.36. The number of carbonyl (C=O) groups excluding carboxylic acids is 2. The van der Waals surface area contributed by atoms with E-state index in [1.54, 1.807) is 36.3 Å². The van der Waals surface area contributed by atoms with Gasteiger partial charge in [0, 0.05) is 51.4 Å². The van der Waals surface area contributed by atoms with E-state index in [1.165, 1.54) is 5.01 Å². The van der Waals surface area contributed by atoms with Crippen LogP contribution in [0.15, 0.2) is 72.0 Å². The zero-order valence-electron chi connectivity index (χ0n) is 22.8. The van der Waals surface area contributed by atoms with Gasteiger partial charge in [-0.3, -0.25) is 14.5 Å². The first-order chi connectivity index (χ1) is 19.5. The maximum absolute atomic E-state index is 14.0. The summed E-state index contributed by atoms with van der Waals surface area (Å²) in [5.74, 6) is 0.124.